The molecule has 4 rings (SSSR count). The zero-order valence-electron chi connectivity index (χ0n) is 15.9. The van der Waals surface area contributed by atoms with Gasteiger partial charge in [-0.25, -0.2) is 0 Å². The first-order chi connectivity index (χ1) is 13.6. The Hall–Kier alpha value is -2.81. The normalized spacial score (nSPS) is 17.7. The standard InChI is InChI=1S/C22H24N2O4/c23-14-22(7-2-1-3-8-22)24-20(25)13-28-21(26)11-17-12-27-19-10-16-6-4-5-15(16)9-18(17)19/h9-10,12H,1-8,11,13H2,(H,24,25). The van der Waals surface area contributed by atoms with Gasteiger partial charge >= 0.3 is 5.97 Å². The minimum Gasteiger partial charge on any atom is -0.464 e. The lowest BCUT2D eigenvalue weighted by Crippen LogP contribution is -2.50. The van der Waals surface area contributed by atoms with Gasteiger partial charge in [-0.05, 0) is 55.4 Å². The molecule has 0 saturated heterocycles. The van der Waals surface area contributed by atoms with Crippen LogP contribution in [0.25, 0.3) is 11.0 Å². The van der Waals surface area contributed by atoms with Crippen molar-refractivity contribution in [2.45, 2.75) is 63.3 Å². The van der Waals surface area contributed by atoms with Gasteiger partial charge in [-0.1, -0.05) is 19.3 Å². The van der Waals surface area contributed by atoms with Crippen molar-refractivity contribution in [3.8, 4) is 6.07 Å². The minimum atomic E-state index is -0.817. The fourth-order valence-corrected chi connectivity index (χ4v) is 4.36. The lowest BCUT2D eigenvalue weighted by molar-refractivity contribution is -0.148. The molecule has 6 heteroatoms. The van der Waals surface area contributed by atoms with Crippen molar-refractivity contribution in [2.24, 2.45) is 0 Å². The molecular weight excluding hydrogens is 356 g/mol. The molecular formula is C22H24N2O4. The minimum absolute atomic E-state index is 0.0580. The van der Waals surface area contributed by atoms with Crippen molar-refractivity contribution in [3.63, 3.8) is 0 Å². The van der Waals surface area contributed by atoms with Gasteiger partial charge < -0.3 is 14.5 Å². The molecule has 1 heterocycles. The monoisotopic (exact) mass is 380 g/mol. The van der Waals surface area contributed by atoms with Crippen molar-refractivity contribution >= 4 is 22.8 Å². The maximum Gasteiger partial charge on any atom is 0.310 e. The molecule has 0 bridgehead atoms. The van der Waals surface area contributed by atoms with Crippen LogP contribution in [0.5, 0.6) is 0 Å². The Morgan fingerprint density at radius 1 is 1.14 bits per heavy atom. The van der Waals surface area contributed by atoms with E-state index in [4.69, 9.17) is 9.15 Å². The number of hydrogen-bond acceptors (Lipinski definition) is 5. The van der Waals surface area contributed by atoms with Crippen LogP contribution in [0.3, 0.4) is 0 Å². The predicted octanol–water partition coefficient (Wildman–Crippen LogP) is 3.35. The fraction of sp³-hybridized carbons (Fsp3) is 0.500. The maximum absolute atomic E-state index is 12.2. The number of carbonyl (C=O) groups excluding carboxylic acids is 2. The van der Waals surface area contributed by atoms with Crippen LogP contribution in [0.2, 0.25) is 0 Å². The number of esters is 1. The van der Waals surface area contributed by atoms with Gasteiger partial charge in [-0.15, -0.1) is 0 Å². The highest BCUT2D eigenvalue weighted by atomic mass is 16.5. The van der Waals surface area contributed by atoms with Crippen LogP contribution in [0.4, 0.5) is 0 Å². The quantitative estimate of drug-likeness (QED) is 0.803. The molecule has 1 aromatic heterocycles. The number of nitriles is 1. The van der Waals surface area contributed by atoms with Gasteiger partial charge in [0.25, 0.3) is 5.91 Å². The van der Waals surface area contributed by atoms with E-state index in [9.17, 15) is 14.9 Å². The average Bonchev–Trinajstić information content (AvgIpc) is 3.32. The molecule has 1 N–H and O–H groups in total. The van der Waals surface area contributed by atoms with Crippen LogP contribution < -0.4 is 5.32 Å². The molecule has 0 spiro atoms. The maximum atomic E-state index is 12.2. The van der Waals surface area contributed by atoms with E-state index in [0.717, 1.165) is 55.1 Å². The van der Waals surface area contributed by atoms with E-state index in [-0.39, 0.29) is 13.0 Å². The van der Waals surface area contributed by atoms with Crippen molar-refractivity contribution < 1.29 is 18.7 Å². The van der Waals surface area contributed by atoms with Crippen molar-refractivity contribution in [1.29, 1.82) is 5.26 Å². The van der Waals surface area contributed by atoms with Crippen molar-refractivity contribution in [2.75, 3.05) is 6.61 Å². The molecule has 0 unspecified atom stereocenters. The van der Waals surface area contributed by atoms with Gasteiger partial charge in [-0.3, -0.25) is 9.59 Å². The van der Waals surface area contributed by atoms with E-state index >= 15 is 0 Å². The molecule has 1 amide bonds. The van der Waals surface area contributed by atoms with Crippen LogP contribution in [0.15, 0.2) is 22.8 Å². The summed E-state index contributed by atoms with van der Waals surface area (Å²) in [4.78, 5) is 24.4. The molecule has 2 aromatic rings. The largest absolute Gasteiger partial charge is 0.464 e. The Labute approximate surface area is 163 Å². The summed E-state index contributed by atoms with van der Waals surface area (Å²) in [6.07, 6.45) is 9.15. The summed E-state index contributed by atoms with van der Waals surface area (Å²) in [5, 5.41) is 13.1. The lowest BCUT2D eigenvalue weighted by atomic mass is 9.83. The summed E-state index contributed by atoms with van der Waals surface area (Å²) < 4.78 is 10.8. The molecule has 0 atom stereocenters. The average molecular weight is 380 g/mol. The van der Waals surface area contributed by atoms with Crippen LogP contribution in [-0.2, 0) is 33.6 Å². The topological polar surface area (TPSA) is 92.3 Å². The number of nitrogens with one attached hydrogen (secondary N) is 1. The van der Waals surface area contributed by atoms with Gasteiger partial charge in [0.15, 0.2) is 6.61 Å². The lowest BCUT2D eigenvalue weighted by Gasteiger charge is -2.31. The van der Waals surface area contributed by atoms with E-state index < -0.39 is 17.4 Å². The van der Waals surface area contributed by atoms with Gasteiger partial charge in [0, 0.05) is 10.9 Å². The summed E-state index contributed by atoms with van der Waals surface area (Å²) in [5.41, 5.74) is 3.38. The molecule has 1 fully saturated rings. The van der Waals surface area contributed by atoms with Crippen molar-refractivity contribution in [3.05, 3.63) is 35.1 Å². The van der Waals surface area contributed by atoms with Gasteiger partial charge in [0.1, 0.15) is 11.1 Å². The third-order valence-corrected chi connectivity index (χ3v) is 5.87. The Balaban J connectivity index is 1.34. The molecule has 1 saturated carbocycles. The number of rotatable bonds is 5. The number of amides is 1. The SMILES string of the molecule is N#CC1(NC(=O)COC(=O)Cc2coc3cc4c(cc23)CCC4)CCCCC1. The predicted molar refractivity (Wildman–Crippen MR) is 102 cm³/mol. The first-order valence-corrected chi connectivity index (χ1v) is 9.98. The van der Waals surface area contributed by atoms with Gasteiger partial charge in [0.05, 0.1) is 18.8 Å². The highest BCUT2D eigenvalue weighted by Crippen LogP contribution is 2.31. The smallest absolute Gasteiger partial charge is 0.310 e. The van der Waals surface area contributed by atoms with Crippen LogP contribution >= 0.6 is 0 Å². The number of fused-ring (bicyclic) bond motifs is 2. The zero-order valence-corrected chi connectivity index (χ0v) is 15.9. The number of ether oxygens (including phenoxy) is 1. The third-order valence-electron chi connectivity index (χ3n) is 5.87. The Morgan fingerprint density at radius 3 is 2.64 bits per heavy atom. The Kier molecular flexibility index (Phi) is 5.08. The van der Waals surface area contributed by atoms with Crippen LogP contribution in [0, 0.1) is 11.3 Å². The molecule has 1 aromatic carbocycles. The highest BCUT2D eigenvalue weighted by Gasteiger charge is 2.33. The number of benzene rings is 1. The fourth-order valence-electron chi connectivity index (χ4n) is 4.36. The molecule has 2 aliphatic carbocycles. The van der Waals surface area contributed by atoms with E-state index in [0.29, 0.717) is 12.8 Å². The van der Waals surface area contributed by atoms with Crippen LogP contribution in [-0.4, -0.2) is 24.0 Å². The molecule has 0 aliphatic heterocycles. The highest BCUT2D eigenvalue weighted by molar-refractivity contribution is 5.88. The summed E-state index contributed by atoms with van der Waals surface area (Å²) in [7, 11) is 0. The number of aryl methyl sites for hydroxylation is 2. The molecule has 6 nitrogen and oxygen atoms in total. The second-order valence-electron chi connectivity index (χ2n) is 7.87. The summed E-state index contributed by atoms with van der Waals surface area (Å²) in [5.74, 6) is -0.903. The van der Waals surface area contributed by atoms with Gasteiger partial charge in [0.2, 0.25) is 0 Å². The van der Waals surface area contributed by atoms with E-state index in [1.54, 1.807) is 6.26 Å². The zero-order chi connectivity index (χ0) is 19.6. The third kappa shape index (κ3) is 3.75. The van der Waals surface area contributed by atoms with Crippen LogP contribution in [0.1, 0.15) is 55.2 Å². The summed E-state index contributed by atoms with van der Waals surface area (Å²) >= 11 is 0. The Bertz CT molecular complexity index is 947. The van der Waals surface area contributed by atoms with E-state index in [1.807, 2.05) is 0 Å². The number of carbonyl (C=O) groups is 2. The Morgan fingerprint density at radius 2 is 1.89 bits per heavy atom. The molecule has 0 radical (unpaired) electrons. The molecule has 28 heavy (non-hydrogen) atoms. The second-order valence-corrected chi connectivity index (χ2v) is 7.87. The van der Waals surface area contributed by atoms with Crippen molar-refractivity contribution in [1.82, 2.24) is 5.32 Å². The number of furan rings is 1. The number of nitrogens with zero attached hydrogens (tertiary/aromatic N) is 1. The molecule has 146 valence electrons. The summed E-state index contributed by atoms with van der Waals surface area (Å²) in [6.45, 7) is -0.368. The first kappa shape index (κ1) is 18.5. The van der Waals surface area contributed by atoms with E-state index in [2.05, 4.69) is 23.5 Å². The first-order valence-electron chi connectivity index (χ1n) is 9.98. The van der Waals surface area contributed by atoms with E-state index in [1.165, 1.54) is 11.1 Å². The van der Waals surface area contributed by atoms with Gasteiger partial charge in [-0.2, -0.15) is 5.26 Å². The molecule has 2 aliphatic rings. The summed E-state index contributed by atoms with van der Waals surface area (Å²) in [6, 6.07) is 6.40. The number of hydrogen-bond donors (Lipinski definition) is 1. The second kappa shape index (κ2) is 7.67.